The summed E-state index contributed by atoms with van der Waals surface area (Å²) < 4.78 is 13.4. The smallest absolute Gasteiger partial charge is 0.282 e. The van der Waals surface area contributed by atoms with Gasteiger partial charge in [0.2, 0.25) is 5.91 Å². The highest BCUT2D eigenvalue weighted by molar-refractivity contribution is 8.13. The maximum Gasteiger partial charge on any atom is 0.282 e. The lowest BCUT2D eigenvalue weighted by atomic mass is 10.3. The summed E-state index contributed by atoms with van der Waals surface area (Å²) in [5.41, 5.74) is 0.0590. The predicted octanol–water partition coefficient (Wildman–Crippen LogP) is 2.59. The van der Waals surface area contributed by atoms with E-state index in [1.807, 2.05) is 0 Å². The molecule has 0 aliphatic carbocycles. The van der Waals surface area contributed by atoms with Crippen molar-refractivity contribution in [1.82, 2.24) is 4.90 Å². The zero-order valence-electron chi connectivity index (χ0n) is 9.28. The van der Waals surface area contributed by atoms with E-state index in [1.165, 1.54) is 28.8 Å². The molecule has 2 rings (SSSR count). The molecule has 1 N–H and O–H groups in total. The minimum Gasteiger partial charge on any atom is -0.323 e. The van der Waals surface area contributed by atoms with Gasteiger partial charge >= 0.3 is 0 Å². The Morgan fingerprint density at radius 3 is 2.94 bits per heavy atom. The highest BCUT2D eigenvalue weighted by Gasteiger charge is 2.23. The number of halogens is 2. The standard InChI is InChI=1S/C11H10ClFN2O2S/c12-7-1-2-9(8(13)5-7)14-10(16)6-15-3-4-18-11(15)17/h1-2,5H,3-4,6H2,(H,14,16). The summed E-state index contributed by atoms with van der Waals surface area (Å²) >= 11 is 6.78. The van der Waals surface area contributed by atoms with Crippen LogP contribution in [0.25, 0.3) is 0 Å². The van der Waals surface area contributed by atoms with Crippen LogP contribution < -0.4 is 5.32 Å². The third kappa shape index (κ3) is 3.14. The minimum atomic E-state index is -0.599. The van der Waals surface area contributed by atoms with E-state index in [0.717, 1.165) is 6.07 Å². The number of carbonyl (C=O) groups excluding carboxylic acids is 2. The summed E-state index contributed by atoms with van der Waals surface area (Å²) in [5, 5.41) is 2.55. The Labute approximate surface area is 112 Å². The largest absolute Gasteiger partial charge is 0.323 e. The van der Waals surface area contributed by atoms with E-state index in [9.17, 15) is 14.0 Å². The molecule has 1 aromatic rings. The first-order chi connectivity index (χ1) is 8.56. The summed E-state index contributed by atoms with van der Waals surface area (Å²) in [6.45, 7) is 0.480. The molecule has 0 atom stereocenters. The molecule has 1 heterocycles. The molecule has 0 spiro atoms. The van der Waals surface area contributed by atoms with Gasteiger partial charge in [-0.15, -0.1) is 0 Å². The third-order valence-corrected chi connectivity index (χ3v) is 3.51. The number of benzene rings is 1. The Morgan fingerprint density at radius 1 is 1.56 bits per heavy atom. The van der Waals surface area contributed by atoms with E-state index in [4.69, 9.17) is 11.6 Å². The number of carbonyl (C=O) groups is 2. The Morgan fingerprint density at radius 2 is 2.33 bits per heavy atom. The number of amides is 2. The number of hydrogen-bond donors (Lipinski definition) is 1. The summed E-state index contributed by atoms with van der Waals surface area (Å²) in [4.78, 5) is 24.4. The van der Waals surface area contributed by atoms with Gasteiger partial charge < -0.3 is 10.2 Å². The van der Waals surface area contributed by atoms with Crippen molar-refractivity contribution in [3.63, 3.8) is 0 Å². The van der Waals surface area contributed by atoms with Crippen molar-refractivity contribution in [2.45, 2.75) is 0 Å². The van der Waals surface area contributed by atoms with Crippen LogP contribution in [0.15, 0.2) is 18.2 Å². The van der Waals surface area contributed by atoms with Crippen LogP contribution in [0.2, 0.25) is 5.02 Å². The quantitative estimate of drug-likeness (QED) is 0.930. The van der Waals surface area contributed by atoms with Crippen LogP contribution in [-0.2, 0) is 4.79 Å². The van der Waals surface area contributed by atoms with Gasteiger partial charge in [0.15, 0.2) is 0 Å². The molecule has 1 saturated heterocycles. The molecular formula is C11H10ClFN2O2S. The second-order valence-corrected chi connectivity index (χ2v) is 5.19. The van der Waals surface area contributed by atoms with E-state index < -0.39 is 11.7 Å². The summed E-state index contributed by atoms with van der Waals surface area (Å²) in [6, 6.07) is 3.99. The van der Waals surface area contributed by atoms with Crippen molar-refractivity contribution in [1.29, 1.82) is 0 Å². The van der Waals surface area contributed by atoms with Gasteiger partial charge in [0.05, 0.1) is 5.69 Å². The number of rotatable bonds is 3. The van der Waals surface area contributed by atoms with Crippen LogP contribution in [0.5, 0.6) is 0 Å². The van der Waals surface area contributed by atoms with Gasteiger partial charge in [-0.05, 0) is 18.2 Å². The molecule has 0 unspecified atom stereocenters. The Hall–Kier alpha value is -1.27. The van der Waals surface area contributed by atoms with Gasteiger partial charge in [-0.25, -0.2) is 4.39 Å². The van der Waals surface area contributed by atoms with Crippen molar-refractivity contribution < 1.29 is 14.0 Å². The minimum absolute atomic E-state index is 0.0590. The lowest BCUT2D eigenvalue weighted by Gasteiger charge is -2.14. The summed E-state index contributed by atoms with van der Waals surface area (Å²) in [7, 11) is 0. The number of thioether (sulfide) groups is 1. The van der Waals surface area contributed by atoms with E-state index in [2.05, 4.69) is 5.32 Å². The molecule has 4 nitrogen and oxygen atoms in total. The van der Waals surface area contributed by atoms with Crippen LogP contribution in [0.3, 0.4) is 0 Å². The topological polar surface area (TPSA) is 49.4 Å². The zero-order chi connectivity index (χ0) is 13.1. The fourth-order valence-electron chi connectivity index (χ4n) is 1.52. The molecule has 1 aromatic carbocycles. The van der Waals surface area contributed by atoms with Gasteiger partial charge in [0, 0.05) is 17.3 Å². The highest BCUT2D eigenvalue weighted by Crippen LogP contribution is 2.20. The highest BCUT2D eigenvalue weighted by atomic mass is 35.5. The first-order valence-electron chi connectivity index (χ1n) is 5.23. The molecule has 1 aliphatic heterocycles. The number of hydrogen-bond acceptors (Lipinski definition) is 3. The van der Waals surface area contributed by atoms with Gasteiger partial charge in [-0.1, -0.05) is 23.4 Å². The van der Waals surface area contributed by atoms with Gasteiger partial charge in [0.25, 0.3) is 5.24 Å². The second-order valence-electron chi connectivity index (χ2n) is 3.71. The SMILES string of the molecule is O=C(CN1CCSC1=O)Nc1ccc(Cl)cc1F. The first kappa shape index (κ1) is 13.2. The Balaban J connectivity index is 1.96. The Bertz CT molecular complexity index is 498. The van der Waals surface area contributed by atoms with Crippen molar-refractivity contribution in [2.24, 2.45) is 0 Å². The lowest BCUT2D eigenvalue weighted by Crippen LogP contribution is -2.33. The molecule has 0 bridgehead atoms. The zero-order valence-corrected chi connectivity index (χ0v) is 10.9. The Kier molecular flexibility index (Phi) is 4.08. The third-order valence-electron chi connectivity index (χ3n) is 2.38. The van der Waals surface area contributed by atoms with Crippen LogP contribution in [0, 0.1) is 5.82 Å². The van der Waals surface area contributed by atoms with Crippen LogP contribution in [-0.4, -0.2) is 34.9 Å². The molecule has 0 saturated carbocycles. The summed E-state index contributed by atoms with van der Waals surface area (Å²) in [5.74, 6) is -0.341. The van der Waals surface area contributed by atoms with E-state index >= 15 is 0 Å². The van der Waals surface area contributed by atoms with Crippen LogP contribution in [0.1, 0.15) is 0 Å². The number of nitrogens with one attached hydrogen (secondary N) is 1. The molecule has 0 aromatic heterocycles. The maximum absolute atomic E-state index is 13.4. The fraction of sp³-hybridized carbons (Fsp3) is 0.273. The van der Waals surface area contributed by atoms with Gasteiger partial charge in [-0.3, -0.25) is 9.59 Å². The van der Waals surface area contributed by atoms with Gasteiger partial charge in [0.1, 0.15) is 12.4 Å². The fourth-order valence-corrected chi connectivity index (χ4v) is 2.51. The molecule has 96 valence electrons. The van der Waals surface area contributed by atoms with Crippen molar-refractivity contribution in [3.8, 4) is 0 Å². The first-order valence-corrected chi connectivity index (χ1v) is 6.59. The molecule has 0 radical (unpaired) electrons. The van der Waals surface area contributed by atoms with Crippen molar-refractivity contribution >= 4 is 40.2 Å². The number of nitrogens with zero attached hydrogens (tertiary/aromatic N) is 1. The summed E-state index contributed by atoms with van der Waals surface area (Å²) in [6.07, 6.45) is 0. The predicted molar refractivity (Wildman–Crippen MR) is 69.5 cm³/mol. The van der Waals surface area contributed by atoms with E-state index in [-0.39, 0.29) is 22.5 Å². The van der Waals surface area contributed by atoms with Crippen molar-refractivity contribution in [2.75, 3.05) is 24.2 Å². The average Bonchev–Trinajstić information content (AvgIpc) is 2.69. The molecular weight excluding hydrogens is 279 g/mol. The maximum atomic E-state index is 13.4. The second kappa shape index (κ2) is 5.58. The average molecular weight is 289 g/mol. The number of anilines is 1. The molecule has 1 aliphatic rings. The molecule has 2 amide bonds. The van der Waals surface area contributed by atoms with Gasteiger partial charge in [-0.2, -0.15) is 0 Å². The van der Waals surface area contributed by atoms with E-state index in [1.54, 1.807) is 0 Å². The molecule has 18 heavy (non-hydrogen) atoms. The molecule has 1 fully saturated rings. The van der Waals surface area contributed by atoms with Crippen molar-refractivity contribution in [3.05, 3.63) is 29.0 Å². The lowest BCUT2D eigenvalue weighted by molar-refractivity contribution is -0.116. The molecule has 7 heteroatoms. The normalized spacial score (nSPS) is 15.0. The van der Waals surface area contributed by atoms with E-state index in [0.29, 0.717) is 12.3 Å². The van der Waals surface area contributed by atoms with Crippen LogP contribution in [0.4, 0.5) is 14.9 Å². The monoisotopic (exact) mass is 288 g/mol. The van der Waals surface area contributed by atoms with Crippen LogP contribution >= 0.6 is 23.4 Å².